The van der Waals surface area contributed by atoms with Crippen LogP contribution in [0.15, 0.2) is 73.4 Å². The highest BCUT2D eigenvalue weighted by Gasteiger charge is 2.28. The Morgan fingerprint density at radius 2 is 1.81 bits per heavy atom. The van der Waals surface area contributed by atoms with Crippen LogP contribution in [-0.2, 0) is 14.6 Å². The second-order valence-corrected chi connectivity index (χ2v) is 8.53. The molecule has 0 aliphatic heterocycles. The molecule has 0 atom stereocenters. The van der Waals surface area contributed by atoms with E-state index in [-0.39, 0.29) is 21.7 Å². The first-order valence-electron chi connectivity index (χ1n) is 8.32. The third kappa shape index (κ3) is 4.58. The number of benzene rings is 2. The first-order valence-corrected chi connectivity index (χ1v) is 10.6. The van der Waals surface area contributed by atoms with Crippen LogP contribution in [-0.4, -0.2) is 33.7 Å². The molecule has 27 heavy (non-hydrogen) atoms. The molecule has 1 N–H and O–H groups in total. The van der Waals surface area contributed by atoms with E-state index in [0.717, 1.165) is 4.47 Å². The Kier molecular flexibility index (Phi) is 6.30. The highest BCUT2D eigenvalue weighted by molar-refractivity contribution is 9.10. The lowest BCUT2D eigenvalue weighted by molar-refractivity contribution is 0.197. The smallest absolute Gasteiger partial charge is 0.233 e. The first-order chi connectivity index (χ1) is 13.0. The Morgan fingerprint density at radius 3 is 2.48 bits per heavy atom. The predicted octanol–water partition coefficient (Wildman–Crippen LogP) is 4.39. The number of anilines is 1. The summed E-state index contributed by atoms with van der Waals surface area (Å²) in [6.45, 7) is 1.06. The fraction of sp³-hybridized carbons (Fsp3) is 0.211. The van der Waals surface area contributed by atoms with Gasteiger partial charge < -0.3 is 14.5 Å². The van der Waals surface area contributed by atoms with Crippen LogP contribution in [0.2, 0.25) is 0 Å². The second-order valence-electron chi connectivity index (χ2n) is 5.75. The van der Waals surface area contributed by atoms with E-state index in [1.54, 1.807) is 19.2 Å². The van der Waals surface area contributed by atoms with Crippen LogP contribution in [0.25, 0.3) is 11.5 Å². The summed E-state index contributed by atoms with van der Waals surface area (Å²) >= 11 is 3.31. The fourth-order valence-corrected chi connectivity index (χ4v) is 3.99. The van der Waals surface area contributed by atoms with Crippen molar-refractivity contribution in [2.75, 3.05) is 25.6 Å². The number of nitrogens with one attached hydrogen (secondary N) is 1. The van der Waals surface area contributed by atoms with E-state index in [2.05, 4.69) is 26.2 Å². The number of ether oxygens (including phenoxy) is 1. The molecule has 0 unspecified atom stereocenters. The largest absolute Gasteiger partial charge is 0.419 e. The van der Waals surface area contributed by atoms with Gasteiger partial charge in [0.15, 0.2) is 0 Å². The van der Waals surface area contributed by atoms with E-state index in [9.17, 15) is 8.42 Å². The van der Waals surface area contributed by atoms with Gasteiger partial charge >= 0.3 is 0 Å². The zero-order chi connectivity index (χ0) is 19.3. The number of methoxy groups -OCH3 is 1. The summed E-state index contributed by atoms with van der Waals surface area (Å²) in [6, 6.07) is 15.6. The van der Waals surface area contributed by atoms with Crippen LogP contribution < -0.4 is 5.32 Å². The van der Waals surface area contributed by atoms with Crippen molar-refractivity contribution in [3.8, 4) is 11.5 Å². The highest BCUT2D eigenvalue weighted by Crippen LogP contribution is 2.32. The van der Waals surface area contributed by atoms with Gasteiger partial charge in [-0.25, -0.2) is 8.42 Å². The Bertz CT molecular complexity index is 986. The molecule has 0 bridgehead atoms. The minimum atomic E-state index is -3.84. The molecule has 0 fully saturated rings. The molecule has 6 nitrogen and oxygen atoms in total. The van der Waals surface area contributed by atoms with Crippen molar-refractivity contribution in [2.24, 2.45) is 0 Å². The summed E-state index contributed by atoms with van der Waals surface area (Å²) in [5.74, 6) is 0.383. The van der Waals surface area contributed by atoms with Crippen LogP contribution >= 0.6 is 15.9 Å². The van der Waals surface area contributed by atoms with Crippen molar-refractivity contribution in [1.29, 1.82) is 0 Å². The predicted molar refractivity (Wildman–Crippen MR) is 107 cm³/mol. The molecule has 8 heteroatoms. The molecule has 0 aliphatic carbocycles. The number of hydrogen-bond acceptors (Lipinski definition) is 6. The van der Waals surface area contributed by atoms with Crippen LogP contribution in [0.5, 0.6) is 0 Å². The van der Waals surface area contributed by atoms with Crippen molar-refractivity contribution >= 4 is 31.7 Å². The minimum Gasteiger partial charge on any atom is -0.419 e. The zero-order valence-electron chi connectivity index (χ0n) is 14.7. The molecule has 0 spiro atoms. The molecular formula is C19H19BrN2O4S. The quantitative estimate of drug-likeness (QED) is 0.512. The Labute approximate surface area is 166 Å². The molecule has 0 saturated heterocycles. The van der Waals surface area contributed by atoms with Crippen molar-refractivity contribution < 1.29 is 17.6 Å². The van der Waals surface area contributed by atoms with E-state index in [1.165, 1.54) is 12.1 Å². The third-order valence-electron chi connectivity index (χ3n) is 3.81. The van der Waals surface area contributed by atoms with Crippen LogP contribution in [0.3, 0.4) is 0 Å². The summed E-state index contributed by atoms with van der Waals surface area (Å²) in [7, 11) is -2.22. The summed E-state index contributed by atoms with van der Waals surface area (Å²) in [5.41, 5.74) is 0.703. The topological polar surface area (TPSA) is 81.4 Å². The molecular weight excluding hydrogens is 432 g/mol. The summed E-state index contributed by atoms with van der Waals surface area (Å²) in [6.07, 6.45) is 0.704. The maximum Gasteiger partial charge on any atom is 0.233 e. The number of oxazole rings is 1. The number of hydrogen-bond donors (Lipinski definition) is 1. The summed E-state index contributed by atoms with van der Waals surface area (Å²) in [5, 5.41) is 2.90. The number of aromatic nitrogens is 1. The standard InChI is InChI=1S/C19H19BrN2O4S/c1-25-13-5-12-21-18-19(22-17(26-18)14-6-3-2-4-7-14)27(23,24)16-10-8-15(20)9-11-16/h2-4,6-11,21H,5,12-13H2,1H3. The summed E-state index contributed by atoms with van der Waals surface area (Å²) in [4.78, 5) is 4.44. The van der Waals surface area contributed by atoms with E-state index < -0.39 is 9.84 Å². The molecule has 2 aromatic carbocycles. The van der Waals surface area contributed by atoms with Gasteiger partial charge in [0.25, 0.3) is 0 Å². The molecule has 0 radical (unpaired) electrons. The first kappa shape index (κ1) is 19.6. The maximum absolute atomic E-state index is 13.1. The lowest BCUT2D eigenvalue weighted by Gasteiger charge is -2.06. The fourth-order valence-electron chi connectivity index (χ4n) is 2.45. The zero-order valence-corrected chi connectivity index (χ0v) is 17.1. The number of sulfone groups is 1. The van der Waals surface area contributed by atoms with Gasteiger partial charge in [-0.15, -0.1) is 0 Å². The van der Waals surface area contributed by atoms with Gasteiger partial charge in [-0.05, 0) is 42.8 Å². The normalized spacial score (nSPS) is 11.5. The molecule has 3 aromatic rings. The summed E-state index contributed by atoms with van der Waals surface area (Å²) < 4.78 is 37.8. The van der Waals surface area contributed by atoms with Gasteiger partial charge in [0.2, 0.25) is 26.6 Å². The van der Waals surface area contributed by atoms with Gasteiger partial charge in [0.1, 0.15) is 0 Å². The minimum absolute atomic E-state index is 0.124. The number of rotatable bonds is 8. The van der Waals surface area contributed by atoms with Gasteiger partial charge in [-0.1, -0.05) is 34.1 Å². The van der Waals surface area contributed by atoms with Crippen LogP contribution in [0.1, 0.15) is 6.42 Å². The Morgan fingerprint density at radius 1 is 1.11 bits per heavy atom. The molecule has 0 amide bonds. The Balaban J connectivity index is 2.00. The van der Waals surface area contributed by atoms with E-state index >= 15 is 0 Å². The lowest BCUT2D eigenvalue weighted by atomic mass is 10.2. The monoisotopic (exact) mass is 450 g/mol. The van der Waals surface area contributed by atoms with Crippen molar-refractivity contribution in [2.45, 2.75) is 16.3 Å². The average Bonchev–Trinajstić information content (AvgIpc) is 3.11. The maximum atomic E-state index is 13.1. The molecule has 0 saturated carbocycles. The molecule has 3 rings (SSSR count). The SMILES string of the molecule is COCCCNc1oc(-c2ccccc2)nc1S(=O)(=O)c1ccc(Br)cc1. The molecule has 0 aliphatic rings. The van der Waals surface area contributed by atoms with Crippen molar-refractivity contribution in [3.63, 3.8) is 0 Å². The van der Waals surface area contributed by atoms with E-state index in [4.69, 9.17) is 9.15 Å². The molecule has 1 heterocycles. The van der Waals surface area contributed by atoms with Crippen molar-refractivity contribution in [3.05, 3.63) is 59.1 Å². The van der Waals surface area contributed by atoms with Crippen LogP contribution in [0.4, 0.5) is 5.88 Å². The van der Waals surface area contributed by atoms with Gasteiger partial charge in [-0.3, -0.25) is 0 Å². The number of nitrogens with zero attached hydrogens (tertiary/aromatic N) is 1. The Hall–Kier alpha value is -2.16. The number of halogens is 1. The molecule has 1 aromatic heterocycles. The highest BCUT2D eigenvalue weighted by atomic mass is 79.9. The third-order valence-corrected chi connectivity index (χ3v) is 6.01. The van der Waals surface area contributed by atoms with Crippen molar-refractivity contribution in [1.82, 2.24) is 4.98 Å². The van der Waals surface area contributed by atoms with Crippen LogP contribution in [0, 0.1) is 0 Å². The lowest BCUT2D eigenvalue weighted by Crippen LogP contribution is -2.09. The van der Waals surface area contributed by atoms with Gasteiger partial charge in [-0.2, -0.15) is 4.98 Å². The van der Waals surface area contributed by atoms with Gasteiger partial charge in [0.05, 0.1) is 4.90 Å². The van der Waals surface area contributed by atoms with Gasteiger partial charge in [0, 0.05) is 30.3 Å². The average molecular weight is 451 g/mol. The van der Waals surface area contributed by atoms with E-state index in [0.29, 0.717) is 25.1 Å². The van der Waals surface area contributed by atoms with E-state index in [1.807, 2.05) is 30.3 Å². The second kappa shape index (κ2) is 8.69. The molecule has 142 valence electrons.